The Balaban J connectivity index is 2.54. The van der Waals surface area contributed by atoms with Crippen molar-refractivity contribution in [2.75, 3.05) is 13.2 Å². The summed E-state index contributed by atoms with van der Waals surface area (Å²) < 4.78 is 11.3. The second-order valence-electron chi connectivity index (χ2n) is 4.34. The highest BCUT2D eigenvalue weighted by molar-refractivity contribution is 5.13. The molecule has 0 bridgehead atoms. The average Bonchev–Trinajstić information content (AvgIpc) is 2.22. The highest BCUT2D eigenvalue weighted by Crippen LogP contribution is 2.32. The van der Waals surface area contributed by atoms with Crippen molar-refractivity contribution in [3.63, 3.8) is 0 Å². The first-order chi connectivity index (χ1) is 7.19. The Morgan fingerprint density at radius 2 is 1.73 bits per heavy atom. The van der Waals surface area contributed by atoms with Gasteiger partial charge in [-0.05, 0) is 47.0 Å². The fraction of sp³-hybridized carbons (Fsp3) is 0.846. The molecule has 0 fully saturated rings. The van der Waals surface area contributed by atoms with Crippen molar-refractivity contribution >= 4 is 0 Å². The van der Waals surface area contributed by atoms with Gasteiger partial charge in [-0.25, -0.2) is 0 Å². The lowest BCUT2D eigenvalue weighted by molar-refractivity contribution is -0.168. The predicted octanol–water partition coefficient (Wildman–Crippen LogP) is 3.52. The van der Waals surface area contributed by atoms with Gasteiger partial charge in [0.25, 0.3) is 0 Å². The summed E-state index contributed by atoms with van der Waals surface area (Å²) in [5.41, 5.74) is 3.08. The molecule has 2 nitrogen and oxygen atoms in total. The molecule has 0 saturated carbocycles. The van der Waals surface area contributed by atoms with Crippen LogP contribution in [0.3, 0.4) is 0 Å². The lowest BCUT2D eigenvalue weighted by atomic mass is 9.85. The van der Waals surface area contributed by atoms with Crippen molar-refractivity contribution in [2.45, 2.75) is 53.2 Å². The maximum atomic E-state index is 5.66. The van der Waals surface area contributed by atoms with Crippen LogP contribution in [0.25, 0.3) is 0 Å². The summed E-state index contributed by atoms with van der Waals surface area (Å²) in [5.74, 6) is 0.550. The molecular weight excluding hydrogens is 188 g/mol. The van der Waals surface area contributed by atoms with Crippen LogP contribution in [0.4, 0.5) is 0 Å². The van der Waals surface area contributed by atoms with E-state index in [0.29, 0.717) is 5.92 Å². The van der Waals surface area contributed by atoms with E-state index < -0.39 is 0 Å². The Kier molecular flexibility index (Phi) is 5.34. The molecular formula is C13H24O2. The van der Waals surface area contributed by atoms with Gasteiger partial charge in [0.1, 0.15) is 0 Å². The monoisotopic (exact) mass is 212 g/mol. The maximum Gasteiger partial charge on any atom is 0.160 e. The molecule has 0 spiro atoms. The molecule has 0 radical (unpaired) electrons. The second-order valence-corrected chi connectivity index (χ2v) is 4.34. The number of hydrogen-bond acceptors (Lipinski definition) is 2. The quantitative estimate of drug-likeness (QED) is 0.513. The largest absolute Gasteiger partial charge is 0.353 e. The summed E-state index contributed by atoms with van der Waals surface area (Å²) >= 11 is 0. The Morgan fingerprint density at radius 3 is 2.20 bits per heavy atom. The van der Waals surface area contributed by atoms with E-state index >= 15 is 0 Å². The molecule has 1 aliphatic carbocycles. The molecule has 0 heterocycles. The van der Waals surface area contributed by atoms with E-state index in [1.807, 2.05) is 13.8 Å². The summed E-state index contributed by atoms with van der Waals surface area (Å²) in [4.78, 5) is 0. The Morgan fingerprint density at radius 1 is 1.13 bits per heavy atom. The molecule has 0 N–H and O–H groups in total. The number of hydrogen-bond donors (Lipinski definition) is 0. The maximum absolute atomic E-state index is 5.66. The molecule has 0 aromatic carbocycles. The standard InChI is InChI=1S/C13H24O2/c1-5-14-13(15-6-2)12-8-7-10(3)11(4)9-12/h12-13H,5-9H2,1-4H3. The van der Waals surface area contributed by atoms with Crippen LogP contribution in [0.2, 0.25) is 0 Å². The molecule has 88 valence electrons. The summed E-state index contributed by atoms with van der Waals surface area (Å²) in [5, 5.41) is 0. The Hall–Kier alpha value is -0.340. The molecule has 1 unspecified atom stereocenters. The van der Waals surface area contributed by atoms with E-state index in [4.69, 9.17) is 9.47 Å². The summed E-state index contributed by atoms with van der Waals surface area (Å²) in [7, 11) is 0. The van der Waals surface area contributed by atoms with Gasteiger partial charge in [-0.2, -0.15) is 0 Å². The highest BCUT2D eigenvalue weighted by Gasteiger charge is 2.25. The highest BCUT2D eigenvalue weighted by atomic mass is 16.7. The SMILES string of the molecule is CCOC(OCC)C1CCC(C)=C(C)C1. The van der Waals surface area contributed by atoms with Gasteiger partial charge in [0, 0.05) is 19.1 Å². The van der Waals surface area contributed by atoms with Crippen LogP contribution < -0.4 is 0 Å². The fourth-order valence-corrected chi connectivity index (χ4v) is 2.17. The Bertz CT molecular complexity index is 215. The van der Waals surface area contributed by atoms with Crippen LogP contribution >= 0.6 is 0 Å². The molecule has 0 saturated heterocycles. The van der Waals surface area contributed by atoms with Gasteiger partial charge in [-0.3, -0.25) is 0 Å². The van der Waals surface area contributed by atoms with Crippen molar-refractivity contribution in [1.82, 2.24) is 0 Å². The molecule has 1 rings (SSSR count). The first-order valence-electron chi connectivity index (χ1n) is 6.07. The van der Waals surface area contributed by atoms with Crippen LogP contribution in [0.15, 0.2) is 11.1 Å². The third-order valence-electron chi connectivity index (χ3n) is 3.23. The van der Waals surface area contributed by atoms with Gasteiger partial charge in [0.15, 0.2) is 6.29 Å². The molecule has 0 amide bonds. The normalized spacial score (nSPS) is 22.6. The Labute approximate surface area is 93.7 Å². The fourth-order valence-electron chi connectivity index (χ4n) is 2.17. The smallest absolute Gasteiger partial charge is 0.160 e. The zero-order chi connectivity index (χ0) is 11.3. The molecule has 1 aliphatic rings. The van der Waals surface area contributed by atoms with Gasteiger partial charge >= 0.3 is 0 Å². The zero-order valence-corrected chi connectivity index (χ0v) is 10.5. The van der Waals surface area contributed by atoms with Crippen LogP contribution in [-0.2, 0) is 9.47 Å². The van der Waals surface area contributed by atoms with E-state index in [-0.39, 0.29) is 6.29 Å². The zero-order valence-electron chi connectivity index (χ0n) is 10.5. The van der Waals surface area contributed by atoms with Crippen LogP contribution in [0.1, 0.15) is 47.0 Å². The van der Waals surface area contributed by atoms with Gasteiger partial charge < -0.3 is 9.47 Å². The van der Waals surface area contributed by atoms with Gasteiger partial charge in [0.05, 0.1) is 0 Å². The lowest BCUT2D eigenvalue weighted by Crippen LogP contribution is -2.29. The van der Waals surface area contributed by atoms with Crippen molar-refractivity contribution in [1.29, 1.82) is 0 Å². The molecule has 0 aromatic heterocycles. The van der Waals surface area contributed by atoms with Crippen molar-refractivity contribution in [3.05, 3.63) is 11.1 Å². The molecule has 0 aliphatic heterocycles. The molecule has 1 atom stereocenters. The van der Waals surface area contributed by atoms with E-state index in [0.717, 1.165) is 19.6 Å². The van der Waals surface area contributed by atoms with Gasteiger partial charge in [0.2, 0.25) is 0 Å². The number of rotatable bonds is 5. The van der Waals surface area contributed by atoms with E-state index in [2.05, 4.69) is 13.8 Å². The van der Waals surface area contributed by atoms with E-state index in [1.54, 1.807) is 5.57 Å². The van der Waals surface area contributed by atoms with Crippen LogP contribution in [0, 0.1) is 5.92 Å². The topological polar surface area (TPSA) is 18.5 Å². The van der Waals surface area contributed by atoms with Crippen molar-refractivity contribution in [3.8, 4) is 0 Å². The minimum atomic E-state index is 0.00282. The predicted molar refractivity (Wildman–Crippen MR) is 62.8 cm³/mol. The average molecular weight is 212 g/mol. The van der Waals surface area contributed by atoms with Gasteiger partial charge in [-0.15, -0.1) is 0 Å². The number of ether oxygens (including phenoxy) is 2. The van der Waals surface area contributed by atoms with Crippen LogP contribution in [0.5, 0.6) is 0 Å². The molecule has 2 heteroatoms. The third-order valence-corrected chi connectivity index (χ3v) is 3.23. The van der Waals surface area contributed by atoms with E-state index in [1.165, 1.54) is 18.4 Å². The summed E-state index contributed by atoms with van der Waals surface area (Å²) in [6, 6.07) is 0. The summed E-state index contributed by atoms with van der Waals surface area (Å²) in [6.07, 6.45) is 3.54. The first kappa shape index (κ1) is 12.7. The van der Waals surface area contributed by atoms with Gasteiger partial charge in [-0.1, -0.05) is 11.1 Å². The minimum absolute atomic E-state index is 0.00282. The lowest BCUT2D eigenvalue weighted by Gasteiger charge is -2.30. The number of allylic oxidation sites excluding steroid dienone is 2. The second kappa shape index (κ2) is 6.29. The van der Waals surface area contributed by atoms with Crippen molar-refractivity contribution in [2.24, 2.45) is 5.92 Å². The third kappa shape index (κ3) is 3.62. The van der Waals surface area contributed by atoms with Crippen molar-refractivity contribution < 1.29 is 9.47 Å². The van der Waals surface area contributed by atoms with E-state index in [9.17, 15) is 0 Å². The van der Waals surface area contributed by atoms with Crippen LogP contribution in [-0.4, -0.2) is 19.5 Å². The first-order valence-corrected chi connectivity index (χ1v) is 6.07. The molecule has 0 aromatic rings. The summed E-state index contributed by atoms with van der Waals surface area (Å²) in [6.45, 7) is 10.0. The minimum Gasteiger partial charge on any atom is -0.353 e. The molecule has 15 heavy (non-hydrogen) atoms.